The van der Waals surface area contributed by atoms with Crippen LogP contribution in [0.15, 0.2) is 23.7 Å². The zero-order valence-electron chi connectivity index (χ0n) is 14.6. The molecule has 0 amide bonds. The largest absolute Gasteiger partial charge is 0.513 e. The summed E-state index contributed by atoms with van der Waals surface area (Å²) in [5, 5.41) is 20.5. The first-order valence-corrected chi connectivity index (χ1v) is 9.22. The van der Waals surface area contributed by atoms with E-state index in [2.05, 4.69) is 26.0 Å². The van der Waals surface area contributed by atoms with Gasteiger partial charge in [-0.15, -0.1) is 0 Å². The number of aliphatic hydroxyl groups excluding tert-OH is 2. The topological polar surface area (TPSA) is 49.7 Å². The van der Waals surface area contributed by atoms with Crippen molar-refractivity contribution in [3.63, 3.8) is 0 Å². The van der Waals surface area contributed by atoms with E-state index in [0.717, 1.165) is 38.5 Å². The van der Waals surface area contributed by atoms with E-state index >= 15 is 0 Å². The van der Waals surface area contributed by atoms with Crippen molar-refractivity contribution in [2.24, 2.45) is 34.5 Å². The third-order valence-electron chi connectivity index (χ3n) is 8.10. The average molecular weight is 318 g/mol. The standard InChI is InChI=1S/C20H30O3/c1-19-8-6-13(21)10-12(19)11-16(23-3)18-14-4-5-17(22)20(14,2)9-7-15(18)19/h5,10,12,14-16,18,21-22H,4,6-9,11H2,1-3H3/t12-,14-,15-,16-,18-,19-,20-/m0/s1. The Morgan fingerprint density at radius 3 is 2.70 bits per heavy atom. The maximum Gasteiger partial charge on any atom is 0.0944 e. The predicted molar refractivity (Wildman–Crippen MR) is 90.1 cm³/mol. The van der Waals surface area contributed by atoms with Crippen LogP contribution in [0, 0.1) is 34.5 Å². The van der Waals surface area contributed by atoms with Gasteiger partial charge < -0.3 is 14.9 Å². The third kappa shape index (κ3) is 1.98. The molecule has 23 heavy (non-hydrogen) atoms. The van der Waals surface area contributed by atoms with E-state index in [1.54, 1.807) is 0 Å². The van der Waals surface area contributed by atoms with E-state index in [1.807, 2.05) is 7.11 Å². The van der Waals surface area contributed by atoms with Crippen LogP contribution in [0.25, 0.3) is 0 Å². The predicted octanol–water partition coefficient (Wildman–Crippen LogP) is 4.76. The number of hydrogen-bond acceptors (Lipinski definition) is 3. The van der Waals surface area contributed by atoms with Crippen LogP contribution in [0.2, 0.25) is 0 Å². The van der Waals surface area contributed by atoms with Crippen molar-refractivity contribution in [1.29, 1.82) is 0 Å². The molecule has 0 aromatic carbocycles. The smallest absolute Gasteiger partial charge is 0.0944 e. The molecule has 4 aliphatic rings. The molecule has 0 saturated heterocycles. The molecule has 3 nitrogen and oxygen atoms in total. The normalized spacial score (nSPS) is 52.0. The monoisotopic (exact) mass is 318 g/mol. The highest BCUT2D eigenvalue weighted by Crippen LogP contribution is 2.65. The number of ether oxygens (including phenoxy) is 1. The van der Waals surface area contributed by atoms with Crippen LogP contribution in [0.4, 0.5) is 0 Å². The van der Waals surface area contributed by atoms with Crippen LogP contribution in [-0.4, -0.2) is 23.4 Å². The Morgan fingerprint density at radius 2 is 1.96 bits per heavy atom. The summed E-state index contributed by atoms with van der Waals surface area (Å²) in [4.78, 5) is 0. The minimum absolute atomic E-state index is 0.0478. The van der Waals surface area contributed by atoms with Gasteiger partial charge in [-0.1, -0.05) is 13.8 Å². The number of allylic oxidation sites excluding steroid dienone is 4. The highest BCUT2D eigenvalue weighted by molar-refractivity contribution is 5.23. The van der Waals surface area contributed by atoms with Gasteiger partial charge >= 0.3 is 0 Å². The number of fused-ring (bicyclic) bond motifs is 5. The Labute approximate surface area is 139 Å². The summed E-state index contributed by atoms with van der Waals surface area (Å²) in [7, 11) is 1.84. The first-order chi connectivity index (χ1) is 10.9. The molecule has 0 aliphatic heterocycles. The number of hydrogen-bond donors (Lipinski definition) is 2. The second-order valence-corrected chi connectivity index (χ2v) is 8.85. The van der Waals surface area contributed by atoms with E-state index in [4.69, 9.17) is 4.74 Å². The van der Waals surface area contributed by atoms with Crippen molar-refractivity contribution < 1.29 is 14.9 Å². The van der Waals surface area contributed by atoms with Crippen molar-refractivity contribution in [2.75, 3.05) is 7.11 Å². The van der Waals surface area contributed by atoms with Crippen LogP contribution >= 0.6 is 0 Å². The molecule has 0 bridgehead atoms. The van der Waals surface area contributed by atoms with Crippen LogP contribution in [-0.2, 0) is 4.74 Å². The molecule has 2 fully saturated rings. The van der Waals surface area contributed by atoms with E-state index in [1.165, 1.54) is 0 Å². The average Bonchev–Trinajstić information content (AvgIpc) is 2.83. The number of methoxy groups -OCH3 is 1. The Bertz CT molecular complexity index is 565. The summed E-state index contributed by atoms with van der Waals surface area (Å²) in [5.74, 6) is 3.27. The summed E-state index contributed by atoms with van der Waals surface area (Å²) < 4.78 is 5.96. The molecule has 0 unspecified atom stereocenters. The van der Waals surface area contributed by atoms with Gasteiger partial charge in [0.25, 0.3) is 0 Å². The van der Waals surface area contributed by atoms with Gasteiger partial charge in [0.15, 0.2) is 0 Å². The fourth-order valence-electron chi connectivity index (χ4n) is 6.58. The summed E-state index contributed by atoms with van der Waals surface area (Å²) >= 11 is 0. The van der Waals surface area contributed by atoms with E-state index < -0.39 is 0 Å². The highest BCUT2D eigenvalue weighted by atomic mass is 16.5. The fraction of sp³-hybridized carbons (Fsp3) is 0.800. The molecular formula is C20H30O3. The second kappa shape index (κ2) is 5.02. The van der Waals surface area contributed by atoms with E-state index in [-0.39, 0.29) is 16.9 Å². The van der Waals surface area contributed by atoms with Crippen molar-refractivity contribution in [3.8, 4) is 0 Å². The lowest BCUT2D eigenvalue weighted by Gasteiger charge is -2.60. The van der Waals surface area contributed by atoms with Gasteiger partial charge in [-0.25, -0.2) is 0 Å². The van der Waals surface area contributed by atoms with Crippen LogP contribution in [0.3, 0.4) is 0 Å². The molecule has 0 aromatic heterocycles. The molecule has 0 spiro atoms. The van der Waals surface area contributed by atoms with Gasteiger partial charge in [0.1, 0.15) is 0 Å². The maximum atomic E-state index is 10.4. The Balaban J connectivity index is 1.73. The first kappa shape index (κ1) is 15.6. The molecule has 0 radical (unpaired) electrons. The zero-order valence-corrected chi connectivity index (χ0v) is 14.6. The summed E-state index contributed by atoms with van der Waals surface area (Å²) in [6, 6.07) is 0. The molecule has 0 heterocycles. The number of aliphatic hydroxyl groups is 2. The summed E-state index contributed by atoms with van der Waals surface area (Å²) in [6.45, 7) is 4.69. The van der Waals surface area contributed by atoms with Crippen molar-refractivity contribution in [3.05, 3.63) is 23.7 Å². The van der Waals surface area contributed by atoms with Gasteiger partial charge in [0, 0.05) is 18.9 Å². The Hall–Kier alpha value is -0.960. The summed E-state index contributed by atoms with van der Waals surface area (Å²) in [5.41, 5.74) is 0.221. The maximum absolute atomic E-state index is 10.4. The lowest BCUT2D eigenvalue weighted by molar-refractivity contribution is -0.153. The van der Waals surface area contributed by atoms with Gasteiger partial charge in [-0.2, -0.15) is 0 Å². The van der Waals surface area contributed by atoms with Crippen LogP contribution < -0.4 is 0 Å². The molecular weight excluding hydrogens is 288 g/mol. The van der Waals surface area contributed by atoms with Gasteiger partial charge in [0.2, 0.25) is 0 Å². The van der Waals surface area contributed by atoms with Crippen LogP contribution in [0.5, 0.6) is 0 Å². The van der Waals surface area contributed by atoms with Crippen molar-refractivity contribution in [2.45, 2.75) is 58.5 Å². The lowest BCUT2D eigenvalue weighted by atomic mass is 9.45. The SMILES string of the molecule is CO[C@H]1C[C@@H]2C=C(O)CC[C@]2(C)[C@H]2CC[C@]3(C)C(O)=CC[C@H]3[C@H]12. The molecule has 4 rings (SSSR count). The Kier molecular flexibility index (Phi) is 3.39. The van der Waals surface area contributed by atoms with Gasteiger partial charge in [-0.3, -0.25) is 0 Å². The minimum Gasteiger partial charge on any atom is -0.513 e. The van der Waals surface area contributed by atoms with Crippen molar-refractivity contribution in [1.82, 2.24) is 0 Å². The van der Waals surface area contributed by atoms with Gasteiger partial charge in [-0.05, 0) is 73.3 Å². The highest BCUT2D eigenvalue weighted by Gasteiger charge is 2.61. The van der Waals surface area contributed by atoms with Gasteiger partial charge in [0.05, 0.1) is 17.6 Å². The molecule has 2 saturated carbocycles. The van der Waals surface area contributed by atoms with Crippen LogP contribution in [0.1, 0.15) is 52.4 Å². The number of rotatable bonds is 1. The first-order valence-electron chi connectivity index (χ1n) is 9.22. The molecule has 7 atom stereocenters. The molecule has 128 valence electrons. The molecule has 0 aromatic rings. The second-order valence-electron chi connectivity index (χ2n) is 8.85. The molecule has 4 aliphatic carbocycles. The third-order valence-corrected chi connectivity index (χ3v) is 8.10. The molecule has 2 N–H and O–H groups in total. The fourth-order valence-corrected chi connectivity index (χ4v) is 6.58. The quantitative estimate of drug-likeness (QED) is 0.733. The van der Waals surface area contributed by atoms with Crippen molar-refractivity contribution >= 4 is 0 Å². The minimum atomic E-state index is -0.0478. The summed E-state index contributed by atoms with van der Waals surface area (Å²) in [6.07, 6.45) is 10.6. The lowest BCUT2D eigenvalue weighted by Crippen LogP contribution is -2.57. The molecule has 3 heteroatoms. The zero-order chi connectivity index (χ0) is 16.4. The van der Waals surface area contributed by atoms with E-state index in [9.17, 15) is 10.2 Å². The Morgan fingerprint density at radius 1 is 1.17 bits per heavy atom. The van der Waals surface area contributed by atoms with E-state index in [0.29, 0.717) is 35.2 Å².